The second-order valence-corrected chi connectivity index (χ2v) is 6.92. The Bertz CT molecular complexity index is 741. The molecule has 0 saturated heterocycles. The summed E-state index contributed by atoms with van der Waals surface area (Å²) in [6.45, 7) is 6.23. The molecule has 2 aromatic rings. The third-order valence-electron chi connectivity index (χ3n) is 4.91. The van der Waals surface area contributed by atoms with Crippen LogP contribution in [0.1, 0.15) is 35.7 Å². The summed E-state index contributed by atoms with van der Waals surface area (Å²) < 4.78 is 5.13. The number of nitrogens with zero attached hydrogens (tertiary/aromatic N) is 1. The van der Waals surface area contributed by atoms with Gasteiger partial charge in [0.15, 0.2) is 0 Å². The van der Waals surface area contributed by atoms with Gasteiger partial charge in [0.2, 0.25) is 0 Å². The highest BCUT2D eigenvalue weighted by Crippen LogP contribution is 2.25. The zero-order chi connectivity index (χ0) is 19.1. The third-order valence-corrected chi connectivity index (χ3v) is 4.91. The molecule has 27 heavy (non-hydrogen) atoms. The molecule has 0 unspecified atom stereocenters. The van der Waals surface area contributed by atoms with Crippen LogP contribution in [0.15, 0.2) is 48.5 Å². The van der Waals surface area contributed by atoms with Gasteiger partial charge in [0, 0.05) is 36.9 Å². The number of hydrogen-bond acceptors (Lipinski definition) is 4. The lowest BCUT2D eigenvalue weighted by molar-refractivity contribution is 0.102. The van der Waals surface area contributed by atoms with Crippen LogP contribution in [-0.4, -0.2) is 43.6 Å². The Balaban J connectivity index is 1.48. The Morgan fingerprint density at radius 2 is 1.96 bits per heavy atom. The zero-order valence-electron chi connectivity index (χ0n) is 16.2. The van der Waals surface area contributed by atoms with Gasteiger partial charge in [0.1, 0.15) is 5.75 Å². The second kappa shape index (κ2) is 9.53. The van der Waals surface area contributed by atoms with E-state index in [0.717, 1.165) is 49.2 Å². The smallest absolute Gasteiger partial charge is 0.255 e. The molecule has 1 saturated carbocycles. The van der Waals surface area contributed by atoms with Crippen molar-refractivity contribution >= 4 is 11.6 Å². The van der Waals surface area contributed by atoms with Crippen LogP contribution < -0.4 is 15.4 Å². The molecule has 0 bridgehead atoms. The zero-order valence-corrected chi connectivity index (χ0v) is 16.2. The standard InChI is InChI=1S/C22H29N3O2/c1-3-25(20-9-10-20)14-13-23-16-17-5-4-6-19(15-17)24-22(26)18-7-11-21(27-2)12-8-18/h4-8,11-12,15,20,23H,3,9-10,13-14,16H2,1-2H3,(H,24,26). The number of carbonyl (C=O) groups excluding carboxylic acids is 1. The average molecular weight is 367 g/mol. The summed E-state index contributed by atoms with van der Waals surface area (Å²) in [4.78, 5) is 14.9. The van der Waals surface area contributed by atoms with E-state index >= 15 is 0 Å². The van der Waals surface area contributed by atoms with Crippen molar-refractivity contribution < 1.29 is 9.53 Å². The quantitative estimate of drug-likeness (QED) is 0.631. The van der Waals surface area contributed by atoms with Gasteiger partial charge in [-0.15, -0.1) is 0 Å². The molecule has 1 aliphatic rings. The number of nitrogens with one attached hydrogen (secondary N) is 2. The van der Waals surface area contributed by atoms with Gasteiger partial charge in [-0.3, -0.25) is 9.69 Å². The highest BCUT2D eigenvalue weighted by atomic mass is 16.5. The molecule has 1 aliphatic carbocycles. The number of anilines is 1. The largest absolute Gasteiger partial charge is 0.497 e. The van der Waals surface area contributed by atoms with E-state index in [-0.39, 0.29) is 5.91 Å². The van der Waals surface area contributed by atoms with E-state index in [9.17, 15) is 4.79 Å². The number of rotatable bonds is 10. The van der Waals surface area contributed by atoms with Gasteiger partial charge in [-0.1, -0.05) is 19.1 Å². The van der Waals surface area contributed by atoms with Crippen LogP contribution in [0.2, 0.25) is 0 Å². The Labute approximate surface area is 161 Å². The first-order valence-corrected chi connectivity index (χ1v) is 9.68. The SMILES string of the molecule is CCN(CCNCc1cccc(NC(=O)c2ccc(OC)cc2)c1)C1CC1. The summed E-state index contributed by atoms with van der Waals surface area (Å²) in [5.74, 6) is 0.619. The number of hydrogen-bond donors (Lipinski definition) is 2. The molecular formula is C22H29N3O2. The first kappa shape index (κ1) is 19.4. The number of carbonyl (C=O) groups is 1. The van der Waals surface area contributed by atoms with Crippen LogP contribution in [-0.2, 0) is 6.54 Å². The predicted octanol–water partition coefficient (Wildman–Crippen LogP) is 3.52. The van der Waals surface area contributed by atoms with Gasteiger partial charge in [-0.05, 0) is 61.3 Å². The third kappa shape index (κ3) is 5.81. The van der Waals surface area contributed by atoms with Crippen LogP contribution in [0.25, 0.3) is 0 Å². The molecule has 0 aromatic heterocycles. The molecule has 3 rings (SSSR count). The minimum atomic E-state index is -0.120. The maximum Gasteiger partial charge on any atom is 0.255 e. The monoisotopic (exact) mass is 367 g/mol. The molecule has 144 valence electrons. The molecule has 5 heteroatoms. The fourth-order valence-electron chi connectivity index (χ4n) is 3.20. The highest BCUT2D eigenvalue weighted by Gasteiger charge is 2.26. The van der Waals surface area contributed by atoms with Gasteiger partial charge in [-0.25, -0.2) is 0 Å². The lowest BCUT2D eigenvalue weighted by atomic mass is 10.1. The van der Waals surface area contributed by atoms with Gasteiger partial charge in [-0.2, -0.15) is 0 Å². The first-order chi connectivity index (χ1) is 13.2. The van der Waals surface area contributed by atoms with Crippen LogP contribution in [0.4, 0.5) is 5.69 Å². The molecule has 5 nitrogen and oxygen atoms in total. The summed E-state index contributed by atoms with van der Waals surface area (Å²) in [6, 6.07) is 15.9. The van der Waals surface area contributed by atoms with E-state index in [1.165, 1.54) is 12.8 Å². The Morgan fingerprint density at radius 3 is 2.63 bits per heavy atom. The van der Waals surface area contributed by atoms with Crippen molar-refractivity contribution in [3.8, 4) is 5.75 Å². The van der Waals surface area contributed by atoms with E-state index in [1.807, 2.05) is 18.2 Å². The number of ether oxygens (including phenoxy) is 1. The summed E-state index contributed by atoms with van der Waals surface area (Å²) in [5, 5.41) is 6.47. The Morgan fingerprint density at radius 1 is 1.19 bits per heavy atom. The average Bonchev–Trinajstić information content (AvgIpc) is 3.53. The van der Waals surface area contributed by atoms with Crippen molar-refractivity contribution in [1.29, 1.82) is 0 Å². The van der Waals surface area contributed by atoms with Crippen molar-refractivity contribution in [2.75, 3.05) is 32.1 Å². The molecule has 1 fully saturated rings. The topological polar surface area (TPSA) is 53.6 Å². The molecule has 0 heterocycles. The lowest BCUT2D eigenvalue weighted by Gasteiger charge is -2.19. The molecular weight excluding hydrogens is 338 g/mol. The molecule has 2 aromatic carbocycles. The van der Waals surface area contributed by atoms with Gasteiger partial charge >= 0.3 is 0 Å². The number of likely N-dealkylation sites (N-methyl/N-ethyl adjacent to an activating group) is 1. The van der Waals surface area contributed by atoms with E-state index in [2.05, 4.69) is 28.5 Å². The molecule has 0 aliphatic heterocycles. The van der Waals surface area contributed by atoms with Crippen molar-refractivity contribution in [3.63, 3.8) is 0 Å². The van der Waals surface area contributed by atoms with Gasteiger partial charge < -0.3 is 15.4 Å². The summed E-state index contributed by atoms with van der Waals surface area (Å²) in [5.41, 5.74) is 2.58. The normalized spacial score (nSPS) is 13.6. The fourth-order valence-corrected chi connectivity index (χ4v) is 3.20. The van der Waals surface area contributed by atoms with Gasteiger partial charge in [0.05, 0.1) is 7.11 Å². The van der Waals surface area contributed by atoms with Crippen molar-refractivity contribution in [2.24, 2.45) is 0 Å². The van der Waals surface area contributed by atoms with Crippen LogP contribution in [0.3, 0.4) is 0 Å². The number of methoxy groups -OCH3 is 1. The highest BCUT2D eigenvalue weighted by molar-refractivity contribution is 6.04. The van der Waals surface area contributed by atoms with Crippen molar-refractivity contribution in [1.82, 2.24) is 10.2 Å². The molecule has 1 amide bonds. The summed E-state index contributed by atoms with van der Waals surface area (Å²) >= 11 is 0. The molecule has 0 spiro atoms. The van der Waals surface area contributed by atoms with E-state index in [1.54, 1.807) is 31.4 Å². The lowest BCUT2D eigenvalue weighted by Crippen LogP contribution is -2.33. The minimum Gasteiger partial charge on any atom is -0.497 e. The number of benzene rings is 2. The number of amides is 1. The van der Waals surface area contributed by atoms with E-state index < -0.39 is 0 Å². The van der Waals surface area contributed by atoms with E-state index in [4.69, 9.17) is 4.74 Å². The van der Waals surface area contributed by atoms with Crippen LogP contribution in [0.5, 0.6) is 5.75 Å². The summed E-state index contributed by atoms with van der Waals surface area (Å²) in [6.07, 6.45) is 2.70. The fraction of sp³-hybridized carbons (Fsp3) is 0.409. The first-order valence-electron chi connectivity index (χ1n) is 9.68. The van der Waals surface area contributed by atoms with Crippen LogP contribution in [0, 0.1) is 0 Å². The predicted molar refractivity (Wildman–Crippen MR) is 109 cm³/mol. The second-order valence-electron chi connectivity index (χ2n) is 6.92. The molecule has 0 radical (unpaired) electrons. The molecule has 2 N–H and O–H groups in total. The Hall–Kier alpha value is -2.37. The summed E-state index contributed by atoms with van der Waals surface area (Å²) in [7, 11) is 1.61. The van der Waals surface area contributed by atoms with Crippen molar-refractivity contribution in [2.45, 2.75) is 32.4 Å². The van der Waals surface area contributed by atoms with Crippen molar-refractivity contribution in [3.05, 3.63) is 59.7 Å². The van der Waals surface area contributed by atoms with E-state index in [0.29, 0.717) is 5.56 Å². The minimum absolute atomic E-state index is 0.120. The van der Waals surface area contributed by atoms with Gasteiger partial charge in [0.25, 0.3) is 5.91 Å². The molecule has 0 atom stereocenters. The maximum atomic E-state index is 12.4. The maximum absolute atomic E-state index is 12.4. The Kier molecular flexibility index (Phi) is 6.85. The van der Waals surface area contributed by atoms with Crippen LogP contribution >= 0.6 is 0 Å².